The van der Waals surface area contributed by atoms with E-state index in [1.807, 2.05) is 14.0 Å². The summed E-state index contributed by atoms with van der Waals surface area (Å²) in [7, 11) is 1.91. The minimum absolute atomic E-state index is 0.114. The molecule has 2 saturated heterocycles. The van der Waals surface area contributed by atoms with Crippen LogP contribution in [0, 0.1) is 23.3 Å². The van der Waals surface area contributed by atoms with Crippen LogP contribution >= 0.6 is 0 Å². The Bertz CT molecular complexity index is 1390. The van der Waals surface area contributed by atoms with Gasteiger partial charge in [0.2, 0.25) is 5.43 Å². The van der Waals surface area contributed by atoms with Gasteiger partial charge in [0.15, 0.2) is 5.82 Å². The number of pyridine rings is 1. The first-order chi connectivity index (χ1) is 15.0. The Morgan fingerprint density at radius 3 is 2.47 bits per heavy atom. The average Bonchev–Trinajstić information content (AvgIpc) is 3.03. The number of carboxylic acids is 1. The Kier molecular flexibility index (Phi) is 4.20. The van der Waals surface area contributed by atoms with Crippen molar-refractivity contribution in [3.05, 3.63) is 69.5 Å². The Labute approximate surface area is 178 Å². The lowest BCUT2D eigenvalue weighted by molar-refractivity contribution is 0.0695. The number of rotatable bonds is 3. The Morgan fingerprint density at radius 2 is 1.88 bits per heavy atom. The number of benzene rings is 2. The fraction of sp³-hybridized carbons (Fsp3) is 0.273. The van der Waals surface area contributed by atoms with E-state index in [1.165, 1.54) is 4.90 Å². The number of fused-ring (bicyclic) bond motifs is 2. The topological polar surface area (TPSA) is 65.6 Å². The van der Waals surface area contributed by atoms with Crippen LogP contribution in [0.15, 0.2) is 35.3 Å². The van der Waals surface area contributed by atoms with Crippen LogP contribution in [0.5, 0.6) is 0 Å². The molecule has 32 heavy (non-hydrogen) atoms. The summed E-state index contributed by atoms with van der Waals surface area (Å²) in [4.78, 5) is 27.9. The summed E-state index contributed by atoms with van der Waals surface area (Å²) < 4.78 is 59.7. The summed E-state index contributed by atoms with van der Waals surface area (Å²) >= 11 is 0. The predicted molar refractivity (Wildman–Crippen MR) is 109 cm³/mol. The van der Waals surface area contributed by atoms with Gasteiger partial charge in [0.25, 0.3) is 0 Å². The molecule has 0 saturated carbocycles. The Balaban J connectivity index is 1.81. The molecule has 1 N–H and O–H groups in total. The van der Waals surface area contributed by atoms with E-state index in [2.05, 4.69) is 4.90 Å². The minimum atomic E-state index is -1.64. The lowest BCUT2D eigenvalue weighted by Gasteiger charge is -2.26. The van der Waals surface area contributed by atoms with Crippen LogP contribution in [0.1, 0.15) is 17.3 Å². The summed E-state index contributed by atoms with van der Waals surface area (Å²) in [5, 5.41) is 8.84. The molecule has 3 atom stereocenters. The SMILES string of the molecule is CN1C2CN(c3c(F)cc4c(=O)c(C(=O)O)cn(-c5ccc(F)cc5F)c4c3F)CC21C. The maximum Gasteiger partial charge on any atom is 0.341 e. The van der Waals surface area contributed by atoms with Crippen LogP contribution in [0.3, 0.4) is 0 Å². The van der Waals surface area contributed by atoms with E-state index in [4.69, 9.17) is 0 Å². The molecule has 6 nitrogen and oxygen atoms in total. The second-order valence-electron chi connectivity index (χ2n) is 8.42. The fourth-order valence-electron chi connectivity index (χ4n) is 4.77. The summed E-state index contributed by atoms with van der Waals surface area (Å²) in [6.45, 7) is 2.67. The normalized spacial score (nSPS) is 24.1. The number of hydrogen-bond acceptors (Lipinski definition) is 4. The van der Waals surface area contributed by atoms with Gasteiger partial charge in [0, 0.05) is 31.4 Å². The molecule has 0 spiro atoms. The maximum atomic E-state index is 15.8. The van der Waals surface area contributed by atoms with E-state index in [9.17, 15) is 23.5 Å². The van der Waals surface area contributed by atoms with Gasteiger partial charge in [0.05, 0.1) is 22.1 Å². The van der Waals surface area contributed by atoms with E-state index in [0.29, 0.717) is 19.2 Å². The van der Waals surface area contributed by atoms with Crippen molar-refractivity contribution in [1.82, 2.24) is 9.47 Å². The van der Waals surface area contributed by atoms with Crippen LogP contribution in [0.4, 0.5) is 23.2 Å². The second-order valence-corrected chi connectivity index (χ2v) is 8.42. The number of carbonyl (C=O) groups is 1. The highest BCUT2D eigenvalue weighted by molar-refractivity contribution is 5.94. The van der Waals surface area contributed by atoms with Crippen LogP contribution in [0.25, 0.3) is 16.6 Å². The van der Waals surface area contributed by atoms with Crippen molar-refractivity contribution in [2.24, 2.45) is 0 Å². The van der Waals surface area contributed by atoms with Gasteiger partial charge in [-0.3, -0.25) is 9.69 Å². The van der Waals surface area contributed by atoms with E-state index in [-0.39, 0.29) is 23.0 Å². The van der Waals surface area contributed by atoms with Gasteiger partial charge in [0.1, 0.15) is 28.7 Å². The summed E-state index contributed by atoms with van der Waals surface area (Å²) in [5.74, 6) is -5.78. The van der Waals surface area contributed by atoms with Crippen LogP contribution in [0.2, 0.25) is 0 Å². The molecule has 10 heteroatoms. The molecule has 1 aromatic heterocycles. The number of carboxylic acid groups (broad SMARTS) is 1. The molecule has 5 rings (SSSR count). The van der Waals surface area contributed by atoms with Gasteiger partial charge in [-0.2, -0.15) is 0 Å². The zero-order chi connectivity index (χ0) is 23.1. The molecule has 2 aliphatic rings. The smallest absolute Gasteiger partial charge is 0.341 e. The first-order valence-electron chi connectivity index (χ1n) is 9.78. The van der Waals surface area contributed by atoms with E-state index in [0.717, 1.165) is 29.0 Å². The van der Waals surface area contributed by atoms with Crippen LogP contribution in [-0.2, 0) is 0 Å². The van der Waals surface area contributed by atoms with Crippen molar-refractivity contribution >= 4 is 22.6 Å². The molecule has 166 valence electrons. The number of anilines is 1. The van der Waals surface area contributed by atoms with E-state index >= 15 is 8.78 Å². The highest BCUT2D eigenvalue weighted by atomic mass is 19.1. The van der Waals surface area contributed by atoms with Crippen molar-refractivity contribution in [2.75, 3.05) is 25.0 Å². The quantitative estimate of drug-likeness (QED) is 0.494. The molecule has 2 aliphatic heterocycles. The first-order valence-corrected chi connectivity index (χ1v) is 9.78. The van der Waals surface area contributed by atoms with Crippen molar-refractivity contribution in [1.29, 1.82) is 0 Å². The number of nitrogens with zero attached hydrogens (tertiary/aromatic N) is 3. The number of aromatic carboxylic acids is 1. The second kappa shape index (κ2) is 6.55. The molecule has 3 unspecified atom stereocenters. The van der Waals surface area contributed by atoms with E-state index in [1.54, 1.807) is 0 Å². The van der Waals surface area contributed by atoms with Crippen molar-refractivity contribution in [3.63, 3.8) is 0 Å². The highest BCUT2D eigenvalue weighted by Crippen LogP contribution is 2.47. The van der Waals surface area contributed by atoms with Gasteiger partial charge < -0.3 is 14.6 Å². The molecule has 2 aromatic carbocycles. The van der Waals surface area contributed by atoms with Crippen LogP contribution < -0.4 is 10.3 Å². The third-order valence-electron chi connectivity index (χ3n) is 6.70. The summed E-state index contributed by atoms with van der Waals surface area (Å²) in [6.07, 6.45) is 0.768. The van der Waals surface area contributed by atoms with Crippen molar-refractivity contribution in [2.45, 2.75) is 18.5 Å². The van der Waals surface area contributed by atoms with Gasteiger partial charge in [-0.05, 0) is 32.2 Å². The largest absolute Gasteiger partial charge is 0.477 e. The zero-order valence-electron chi connectivity index (χ0n) is 17.0. The number of piperazine rings is 1. The van der Waals surface area contributed by atoms with E-state index < -0.39 is 51.1 Å². The lowest BCUT2D eigenvalue weighted by atomic mass is 10.1. The lowest BCUT2D eigenvalue weighted by Crippen LogP contribution is -2.33. The van der Waals surface area contributed by atoms with Crippen molar-refractivity contribution in [3.8, 4) is 5.69 Å². The fourth-order valence-corrected chi connectivity index (χ4v) is 4.77. The molecule has 0 amide bonds. The standard InChI is InChI=1S/C22H17F4N3O3/c1-22-9-28(8-16(22)27(22)2)19-14(25)6-11-18(17(19)26)29(7-12(20(11)30)21(31)32)15-4-3-10(23)5-13(15)24/h3-7,16H,8-9H2,1-2H3,(H,31,32). The van der Waals surface area contributed by atoms with Gasteiger partial charge in [-0.1, -0.05) is 0 Å². The molecular formula is C22H17F4N3O3. The summed E-state index contributed by atoms with van der Waals surface area (Å²) in [5.41, 5.74) is -3.38. The maximum absolute atomic E-state index is 15.8. The predicted octanol–water partition coefficient (Wildman–Crippen LogP) is 3.14. The highest BCUT2D eigenvalue weighted by Gasteiger charge is 2.62. The monoisotopic (exact) mass is 447 g/mol. The zero-order valence-corrected chi connectivity index (χ0v) is 17.0. The molecule has 3 aromatic rings. The number of aromatic nitrogens is 1. The summed E-state index contributed by atoms with van der Waals surface area (Å²) in [6, 6.07) is 3.34. The Morgan fingerprint density at radius 1 is 1.16 bits per heavy atom. The molecule has 0 radical (unpaired) electrons. The van der Waals surface area contributed by atoms with Gasteiger partial charge in [-0.25, -0.2) is 22.4 Å². The van der Waals surface area contributed by atoms with Crippen molar-refractivity contribution < 1.29 is 27.5 Å². The number of halogens is 4. The molecule has 0 bridgehead atoms. The average molecular weight is 447 g/mol. The van der Waals surface area contributed by atoms with Crippen LogP contribution in [-0.4, -0.2) is 52.3 Å². The molecule has 2 fully saturated rings. The number of likely N-dealkylation sites (N-methyl/N-ethyl adjacent to an activating group) is 1. The van der Waals surface area contributed by atoms with Gasteiger partial charge >= 0.3 is 5.97 Å². The molecular weight excluding hydrogens is 430 g/mol. The third-order valence-corrected chi connectivity index (χ3v) is 6.70. The molecule has 3 heterocycles. The minimum Gasteiger partial charge on any atom is -0.477 e. The third kappa shape index (κ3) is 2.68. The first kappa shape index (κ1) is 20.5. The Hall–Kier alpha value is -3.40. The molecule has 0 aliphatic carbocycles. The van der Waals surface area contributed by atoms with Gasteiger partial charge in [-0.15, -0.1) is 0 Å². The number of hydrogen-bond donors (Lipinski definition) is 1.